The van der Waals surface area contributed by atoms with Crippen molar-refractivity contribution in [3.05, 3.63) is 72.0 Å². The summed E-state index contributed by atoms with van der Waals surface area (Å²) in [6.45, 7) is 1.98. The van der Waals surface area contributed by atoms with Crippen LogP contribution in [0.5, 0.6) is 0 Å². The van der Waals surface area contributed by atoms with Gasteiger partial charge in [0, 0.05) is 5.56 Å². The maximum absolute atomic E-state index is 12.6. The molecular formula is C20H18ClN3OS. The third-order valence-electron chi connectivity index (χ3n) is 3.77. The number of benzene rings is 2. The fourth-order valence-electron chi connectivity index (χ4n) is 2.41. The minimum atomic E-state index is -0.273. The van der Waals surface area contributed by atoms with Crippen molar-refractivity contribution in [2.75, 3.05) is 5.32 Å². The Morgan fingerprint density at radius 1 is 1.12 bits per heavy atom. The quantitative estimate of drug-likeness (QED) is 0.463. The van der Waals surface area contributed by atoms with Gasteiger partial charge in [0.25, 0.3) is 0 Å². The standard InChI is InChI=1S/C20H18ClN3OS/c1-2-18(20(25)24-16-11-7-6-10-15(16)21)26-19-12-17(22-13-23-19)14-8-4-3-5-9-14/h3-13,18H,2H2,1H3,(H,24,25). The Labute approximate surface area is 162 Å². The zero-order valence-electron chi connectivity index (χ0n) is 14.2. The number of carbonyl (C=O) groups excluding carboxylic acids is 1. The molecule has 1 N–H and O–H groups in total. The van der Waals surface area contributed by atoms with Crippen LogP contribution in [0.3, 0.4) is 0 Å². The number of halogens is 1. The molecule has 0 aliphatic rings. The van der Waals surface area contributed by atoms with Crippen LogP contribution < -0.4 is 5.32 Å². The number of nitrogens with one attached hydrogen (secondary N) is 1. The van der Waals surface area contributed by atoms with E-state index in [9.17, 15) is 4.79 Å². The topological polar surface area (TPSA) is 54.9 Å². The molecule has 0 saturated heterocycles. The average molecular weight is 384 g/mol. The van der Waals surface area contributed by atoms with Crippen LogP contribution in [0.15, 0.2) is 72.0 Å². The summed E-state index contributed by atoms with van der Waals surface area (Å²) in [5.41, 5.74) is 2.47. The zero-order valence-corrected chi connectivity index (χ0v) is 15.8. The number of para-hydroxylation sites is 1. The highest BCUT2D eigenvalue weighted by Gasteiger charge is 2.20. The SMILES string of the molecule is CCC(Sc1cc(-c2ccccc2)ncn1)C(=O)Nc1ccccc1Cl. The summed E-state index contributed by atoms with van der Waals surface area (Å²) in [5.74, 6) is -0.0922. The molecule has 1 heterocycles. The van der Waals surface area contributed by atoms with Gasteiger partial charge in [-0.1, -0.05) is 72.8 Å². The second-order valence-electron chi connectivity index (χ2n) is 5.59. The first-order chi connectivity index (χ1) is 12.7. The third-order valence-corrected chi connectivity index (χ3v) is 5.40. The Kier molecular flexibility index (Phi) is 6.26. The fourth-order valence-corrected chi connectivity index (χ4v) is 3.51. The van der Waals surface area contributed by atoms with E-state index in [-0.39, 0.29) is 11.2 Å². The number of hydrogen-bond acceptors (Lipinski definition) is 4. The molecule has 3 rings (SSSR count). The number of carbonyl (C=O) groups is 1. The van der Waals surface area contributed by atoms with E-state index in [0.717, 1.165) is 16.3 Å². The molecule has 0 radical (unpaired) electrons. The molecule has 132 valence electrons. The molecule has 0 saturated carbocycles. The molecule has 26 heavy (non-hydrogen) atoms. The first kappa shape index (κ1) is 18.4. The number of nitrogens with zero attached hydrogens (tertiary/aromatic N) is 2. The van der Waals surface area contributed by atoms with Gasteiger partial charge in [0.15, 0.2) is 0 Å². The lowest BCUT2D eigenvalue weighted by Crippen LogP contribution is -2.24. The molecule has 0 aliphatic heterocycles. The molecule has 1 aromatic heterocycles. The monoisotopic (exact) mass is 383 g/mol. The van der Waals surface area contributed by atoms with E-state index >= 15 is 0 Å². The molecule has 0 spiro atoms. The summed E-state index contributed by atoms with van der Waals surface area (Å²) in [4.78, 5) is 21.3. The van der Waals surface area contributed by atoms with E-state index in [1.807, 2.05) is 55.5 Å². The largest absolute Gasteiger partial charge is 0.324 e. The number of amides is 1. The lowest BCUT2D eigenvalue weighted by atomic mass is 10.1. The van der Waals surface area contributed by atoms with Crippen LogP contribution in [-0.2, 0) is 4.79 Å². The van der Waals surface area contributed by atoms with Crippen LogP contribution in [0.2, 0.25) is 5.02 Å². The van der Waals surface area contributed by atoms with Crippen molar-refractivity contribution in [2.24, 2.45) is 0 Å². The minimum absolute atomic E-state index is 0.0922. The van der Waals surface area contributed by atoms with Gasteiger partial charge in [-0.2, -0.15) is 0 Å². The summed E-state index contributed by atoms with van der Waals surface area (Å²) in [7, 11) is 0. The molecule has 1 unspecified atom stereocenters. The molecule has 4 nitrogen and oxygen atoms in total. The molecular weight excluding hydrogens is 366 g/mol. The first-order valence-electron chi connectivity index (χ1n) is 8.27. The van der Waals surface area contributed by atoms with Crippen molar-refractivity contribution in [2.45, 2.75) is 23.6 Å². The summed E-state index contributed by atoms with van der Waals surface area (Å²) in [6, 6.07) is 19.0. The van der Waals surface area contributed by atoms with E-state index in [2.05, 4.69) is 15.3 Å². The molecule has 0 bridgehead atoms. The van der Waals surface area contributed by atoms with Crippen LogP contribution in [0.4, 0.5) is 5.69 Å². The van der Waals surface area contributed by atoms with E-state index in [4.69, 9.17) is 11.6 Å². The number of anilines is 1. The zero-order chi connectivity index (χ0) is 18.4. The van der Waals surface area contributed by atoms with Crippen LogP contribution in [0, 0.1) is 0 Å². The highest BCUT2D eigenvalue weighted by Crippen LogP contribution is 2.28. The van der Waals surface area contributed by atoms with Gasteiger partial charge in [0.2, 0.25) is 5.91 Å². The average Bonchev–Trinajstić information content (AvgIpc) is 2.68. The van der Waals surface area contributed by atoms with Crippen molar-refractivity contribution in [1.82, 2.24) is 9.97 Å². The Balaban J connectivity index is 1.74. The van der Waals surface area contributed by atoms with E-state index in [0.29, 0.717) is 17.1 Å². The van der Waals surface area contributed by atoms with Crippen molar-refractivity contribution in [3.63, 3.8) is 0 Å². The number of aromatic nitrogens is 2. The second kappa shape index (κ2) is 8.83. The number of thioether (sulfide) groups is 1. The fraction of sp³-hybridized carbons (Fsp3) is 0.150. The molecule has 6 heteroatoms. The van der Waals surface area contributed by atoms with Gasteiger partial charge in [-0.25, -0.2) is 9.97 Å². The number of rotatable bonds is 6. The Morgan fingerprint density at radius 3 is 2.58 bits per heavy atom. The Morgan fingerprint density at radius 2 is 1.85 bits per heavy atom. The molecule has 2 aromatic carbocycles. The molecule has 1 amide bonds. The molecule has 1 atom stereocenters. The summed E-state index contributed by atoms with van der Waals surface area (Å²) >= 11 is 7.55. The third kappa shape index (κ3) is 4.62. The van der Waals surface area contributed by atoms with Crippen molar-refractivity contribution >= 4 is 35.0 Å². The van der Waals surface area contributed by atoms with Gasteiger partial charge >= 0.3 is 0 Å². The van der Waals surface area contributed by atoms with Gasteiger partial charge in [0.1, 0.15) is 11.4 Å². The van der Waals surface area contributed by atoms with Crippen molar-refractivity contribution in [1.29, 1.82) is 0 Å². The highest BCUT2D eigenvalue weighted by atomic mass is 35.5. The highest BCUT2D eigenvalue weighted by molar-refractivity contribution is 8.00. The second-order valence-corrected chi connectivity index (χ2v) is 7.22. The van der Waals surface area contributed by atoms with Gasteiger partial charge in [0.05, 0.1) is 21.7 Å². The van der Waals surface area contributed by atoms with E-state index in [1.165, 1.54) is 18.1 Å². The van der Waals surface area contributed by atoms with E-state index in [1.54, 1.807) is 12.1 Å². The molecule has 3 aromatic rings. The summed E-state index contributed by atoms with van der Waals surface area (Å²) in [5, 5.41) is 3.91. The first-order valence-corrected chi connectivity index (χ1v) is 9.52. The minimum Gasteiger partial charge on any atom is -0.324 e. The molecule has 0 fully saturated rings. The predicted octanol–water partition coefficient (Wildman–Crippen LogP) is 5.31. The van der Waals surface area contributed by atoms with Crippen LogP contribution >= 0.6 is 23.4 Å². The smallest absolute Gasteiger partial charge is 0.237 e. The predicted molar refractivity (Wildman–Crippen MR) is 107 cm³/mol. The number of hydrogen-bond donors (Lipinski definition) is 1. The van der Waals surface area contributed by atoms with Crippen LogP contribution in [-0.4, -0.2) is 21.1 Å². The Bertz CT molecular complexity index is 889. The van der Waals surface area contributed by atoms with Gasteiger partial charge in [-0.05, 0) is 24.6 Å². The maximum atomic E-state index is 12.6. The van der Waals surface area contributed by atoms with Gasteiger partial charge in [-0.3, -0.25) is 4.79 Å². The lowest BCUT2D eigenvalue weighted by molar-refractivity contribution is -0.115. The van der Waals surface area contributed by atoms with Crippen LogP contribution in [0.25, 0.3) is 11.3 Å². The van der Waals surface area contributed by atoms with Gasteiger partial charge < -0.3 is 5.32 Å². The lowest BCUT2D eigenvalue weighted by Gasteiger charge is -2.15. The summed E-state index contributed by atoms with van der Waals surface area (Å²) < 4.78 is 0. The Hall–Kier alpha value is -2.37. The molecule has 0 aliphatic carbocycles. The van der Waals surface area contributed by atoms with Crippen LogP contribution in [0.1, 0.15) is 13.3 Å². The van der Waals surface area contributed by atoms with Crippen molar-refractivity contribution in [3.8, 4) is 11.3 Å². The maximum Gasteiger partial charge on any atom is 0.237 e. The normalized spacial score (nSPS) is 11.8. The van der Waals surface area contributed by atoms with Gasteiger partial charge in [-0.15, -0.1) is 0 Å². The van der Waals surface area contributed by atoms with E-state index < -0.39 is 0 Å². The van der Waals surface area contributed by atoms with Crippen molar-refractivity contribution < 1.29 is 4.79 Å². The summed E-state index contributed by atoms with van der Waals surface area (Å²) in [6.07, 6.45) is 2.20.